The lowest BCUT2D eigenvalue weighted by molar-refractivity contribution is 1.37. The minimum absolute atomic E-state index is 0.983. The van der Waals surface area contributed by atoms with Gasteiger partial charge in [-0.2, -0.15) is 0 Å². The van der Waals surface area contributed by atoms with Gasteiger partial charge in [0.05, 0.1) is 16.1 Å². The van der Waals surface area contributed by atoms with Crippen LogP contribution in [0.2, 0.25) is 0 Å². The van der Waals surface area contributed by atoms with Crippen molar-refractivity contribution < 1.29 is 0 Å². The maximum Gasteiger partial charge on any atom is 0.0806 e. The molecule has 0 aromatic carbocycles. The highest BCUT2D eigenvalue weighted by atomic mass is 32.1. The maximum atomic E-state index is 4.14. The molecule has 0 fully saturated rings. The minimum atomic E-state index is 0.983. The average Bonchev–Trinajstić information content (AvgIpc) is 2.54. The van der Waals surface area contributed by atoms with Crippen LogP contribution in [0, 0.1) is 0 Å². The molecule has 0 aliphatic carbocycles. The first-order valence-corrected chi connectivity index (χ1v) is 5.33. The first-order chi connectivity index (χ1) is 6.24. The zero-order valence-electron chi connectivity index (χ0n) is 8.79. The van der Waals surface area contributed by atoms with Gasteiger partial charge in [0.25, 0.3) is 0 Å². The van der Waals surface area contributed by atoms with Gasteiger partial charge in [0.15, 0.2) is 0 Å². The van der Waals surface area contributed by atoms with E-state index in [-0.39, 0.29) is 0 Å². The van der Waals surface area contributed by atoms with Gasteiger partial charge in [0.1, 0.15) is 0 Å². The third kappa shape index (κ3) is 4.04. The van der Waals surface area contributed by atoms with Crippen LogP contribution in [0.5, 0.6) is 0 Å². The lowest BCUT2D eigenvalue weighted by Gasteiger charge is -1.89. The fourth-order valence-corrected chi connectivity index (χ4v) is 1.63. The van der Waals surface area contributed by atoms with Crippen LogP contribution >= 0.6 is 11.3 Å². The molecule has 13 heavy (non-hydrogen) atoms. The Morgan fingerprint density at radius 2 is 2.08 bits per heavy atom. The number of hydrogen-bond acceptors (Lipinski definition) is 2. The summed E-state index contributed by atoms with van der Waals surface area (Å²) in [6.45, 7) is 11.8. The topological polar surface area (TPSA) is 12.9 Å². The number of aromatic nitrogens is 1. The molecule has 72 valence electrons. The van der Waals surface area contributed by atoms with Crippen molar-refractivity contribution in [1.82, 2.24) is 4.98 Å². The Balaban J connectivity index is 0.000000671. The van der Waals surface area contributed by atoms with Crippen LogP contribution in [0.3, 0.4) is 0 Å². The lowest BCUT2D eigenvalue weighted by atomic mass is 10.2. The molecule has 0 saturated carbocycles. The third-order valence-corrected chi connectivity index (χ3v) is 2.03. The van der Waals surface area contributed by atoms with Gasteiger partial charge in [0, 0.05) is 0 Å². The lowest BCUT2D eigenvalue weighted by Crippen LogP contribution is -1.73. The van der Waals surface area contributed by atoms with Crippen molar-refractivity contribution in [1.29, 1.82) is 0 Å². The summed E-state index contributed by atoms with van der Waals surface area (Å²) in [4.78, 5) is 5.34. The summed E-state index contributed by atoms with van der Waals surface area (Å²) in [7, 11) is 0. The average molecular weight is 195 g/mol. The fourth-order valence-electron chi connectivity index (χ4n) is 0.787. The quantitative estimate of drug-likeness (QED) is 0.688. The molecule has 2 heteroatoms. The highest BCUT2D eigenvalue weighted by molar-refractivity contribution is 7.10. The molecule has 0 unspecified atom stereocenters. The molecule has 1 nitrogen and oxygen atoms in total. The third-order valence-electron chi connectivity index (χ3n) is 1.24. The first-order valence-electron chi connectivity index (χ1n) is 4.45. The van der Waals surface area contributed by atoms with Gasteiger partial charge in [-0.15, -0.1) is 11.3 Å². The second kappa shape index (κ2) is 6.61. The number of rotatable bonds is 2. The van der Waals surface area contributed by atoms with Gasteiger partial charge < -0.3 is 0 Å². The summed E-state index contributed by atoms with van der Waals surface area (Å²) < 4.78 is 0. The van der Waals surface area contributed by atoms with Gasteiger partial charge in [-0.3, -0.25) is 0 Å². The predicted octanol–water partition coefficient (Wildman–Crippen LogP) is 4.24. The molecule has 1 heterocycles. The van der Waals surface area contributed by atoms with E-state index in [4.69, 9.17) is 0 Å². The van der Waals surface area contributed by atoms with E-state index in [1.807, 2.05) is 19.4 Å². The summed E-state index contributed by atoms with van der Waals surface area (Å²) >= 11 is 1.64. The van der Waals surface area contributed by atoms with E-state index in [1.54, 1.807) is 17.4 Å². The fraction of sp³-hybridized carbons (Fsp3) is 0.364. The van der Waals surface area contributed by atoms with E-state index in [0.717, 1.165) is 5.69 Å². The second-order valence-corrected chi connectivity index (χ2v) is 3.41. The van der Waals surface area contributed by atoms with Gasteiger partial charge >= 0.3 is 0 Å². The molecule has 1 rings (SSSR count). The molecule has 0 bridgehead atoms. The smallest absolute Gasteiger partial charge is 0.0806 e. The SMILES string of the molecule is C=Cc1ncsc1C=C(C)C.CC. The molecular weight excluding hydrogens is 178 g/mol. The van der Waals surface area contributed by atoms with Crippen molar-refractivity contribution in [3.63, 3.8) is 0 Å². The molecule has 0 spiro atoms. The van der Waals surface area contributed by atoms with E-state index in [9.17, 15) is 0 Å². The van der Waals surface area contributed by atoms with Crippen molar-refractivity contribution in [3.8, 4) is 0 Å². The molecule has 0 saturated heterocycles. The predicted molar refractivity (Wildman–Crippen MR) is 62.9 cm³/mol. The van der Waals surface area contributed by atoms with E-state index in [2.05, 4.69) is 31.5 Å². The van der Waals surface area contributed by atoms with Crippen molar-refractivity contribution in [2.24, 2.45) is 0 Å². The van der Waals surface area contributed by atoms with Gasteiger partial charge in [-0.05, 0) is 26.0 Å². The van der Waals surface area contributed by atoms with Gasteiger partial charge in [-0.25, -0.2) is 4.98 Å². The van der Waals surface area contributed by atoms with Crippen molar-refractivity contribution in [2.75, 3.05) is 0 Å². The largest absolute Gasteiger partial charge is 0.245 e. The molecule has 0 amide bonds. The van der Waals surface area contributed by atoms with Crippen LogP contribution in [-0.4, -0.2) is 4.98 Å². The Bertz CT molecular complexity index is 280. The van der Waals surface area contributed by atoms with Gasteiger partial charge in [-0.1, -0.05) is 26.0 Å². The number of allylic oxidation sites excluding steroid dienone is 1. The highest BCUT2D eigenvalue weighted by Gasteiger charge is 1.97. The van der Waals surface area contributed by atoms with E-state index in [1.165, 1.54) is 10.5 Å². The Hall–Kier alpha value is -0.890. The molecule has 1 aromatic rings. The molecule has 0 atom stereocenters. The van der Waals surface area contributed by atoms with Crippen LogP contribution in [0.15, 0.2) is 17.7 Å². The van der Waals surface area contributed by atoms with Crippen LogP contribution in [0.25, 0.3) is 12.2 Å². The summed E-state index contributed by atoms with van der Waals surface area (Å²) in [6.07, 6.45) is 3.90. The molecule has 0 N–H and O–H groups in total. The Morgan fingerprint density at radius 3 is 2.54 bits per heavy atom. The summed E-state index contributed by atoms with van der Waals surface area (Å²) in [5, 5.41) is 0. The Labute approximate surface area is 84.8 Å². The zero-order valence-corrected chi connectivity index (χ0v) is 9.61. The van der Waals surface area contributed by atoms with E-state index in [0.29, 0.717) is 0 Å². The minimum Gasteiger partial charge on any atom is -0.245 e. The van der Waals surface area contributed by atoms with Gasteiger partial charge in [0.2, 0.25) is 0 Å². The van der Waals surface area contributed by atoms with Crippen molar-refractivity contribution in [2.45, 2.75) is 27.7 Å². The Kier molecular flexibility index (Phi) is 6.15. The Morgan fingerprint density at radius 1 is 1.46 bits per heavy atom. The van der Waals surface area contributed by atoms with Crippen LogP contribution in [-0.2, 0) is 0 Å². The standard InChI is InChI=1S/C9H11NS.C2H6/c1-4-8-9(5-7(2)3)11-6-10-8;1-2/h4-6H,1H2,2-3H3;1-2H3. The molecule has 0 aliphatic rings. The number of thiazole rings is 1. The second-order valence-electron chi connectivity index (χ2n) is 2.53. The molecular formula is C11H17NS. The van der Waals surface area contributed by atoms with Crippen molar-refractivity contribution >= 4 is 23.5 Å². The normalized spacial score (nSPS) is 8.31. The maximum absolute atomic E-state index is 4.14. The molecule has 0 radical (unpaired) electrons. The van der Waals surface area contributed by atoms with Crippen molar-refractivity contribution in [3.05, 3.63) is 28.2 Å². The summed E-state index contributed by atoms with van der Waals surface area (Å²) in [5.41, 5.74) is 4.11. The van der Waals surface area contributed by atoms with E-state index >= 15 is 0 Å². The van der Waals surface area contributed by atoms with Crippen LogP contribution in [0.4, 0.5) is 0 Å². The van der Waals surface area contributed by atoms with Crippen LogP contribution in [0.1, 0.15) is 38.3 Å². The molecule has 1 aromatic heterocycles. The summed E-state index contributed by atoms with van der Waals surface area (Å²) in [5.74, 6) is 0. The molecule has 0 aliphatic heterocycles. The summed E-state index contributed by atoms with van der Waals surface area (Å²) in [6, 6.07) is 0. The zero-order chi connectivity index (χ0) is 10.3. The number of nitrogens with zero attached hydrogens (tertiary/aromatic N) is 1. The highest BCUT2D eigenvalue weighted by Crippen LogP contribution is 2.17. The number of hydrogen-bond donors (Lipinski definition) is 0. The first kappa shape index (κ1) is 12.1. The van der Waals surface area contributed by atoms with E-state index < -0.39 is 0 Å². The van der Waals surface area contributed by atoms with Crippen LogP contribution < -0.4 is 0 Å². The monoisotopic (exact) mass is 195 g/mol.